The van der Waals surface area contributed by atoms with Crippen molar-refractivity contribution in [2.75, 3.05) is 7.11 Å². The zero-order valence-electron chi connectivity index (χ0n) is 10.0. The molecule has 18 heavy (non-hydrogen) atoms. The van der Waals surface area contributed by atoms with Gasteiger partial charge in [-0.2, -0.15) is 0 Å². The van der Waals surface area contributed by atoms with E-state index in [-0.39, 0.29) is 0 Å². The van der Waals surface area contributed by atoms with Crippen molar-refractivity contribution in [3.05, 3.63) is 41.8 Å². The molecule has 2 aromatic heterocycles. The Labute approximate surface area is 114 Å². The molecule has 0 saturated carbocycles. The van der Waals surface area contributed by atoms with E-state index in [0.29, 0.717) is 0 Å². The fourth-order valence-electron chi connectivity index (χ4n) is 2.08. The van der Waals surface area contributed by atoms with Gasteiger partial charge >= 0.3 is 0 Å². The molecular formula is C15H12OS2. The van der Waals surface area contributed by atoms with Gasteiger partial charge in [0.1, 0.15) is 5.75 Å². The van der Waals surface area contributed by atoms with E-state index in [0.717, 1.165) is 5.75 Å². The maximum atomic E-state index is 5.27. The highest BCUT2D eigenvalue weighted by atomic mass is 32.1. The number of ether oxygens (including phenoxy) is 1. The largest absolute Gasteiger partial charge is 0.497 e. The lowest BCUT2D eigenvalue weighted by molar-refractivity contribution is 0.415. The van der Waals surface area contributed by atoms with Gasteiger partial charge in [-0.25, -0.2) is 0 Å². The Morgan fingerprint density at radius 3 is 2.61 bits per heavy atom. The Morgan fingerprint density at radius 1 is 1.11 bits per heavy atom. The minimum atomic E-state index is 0.903. The molecule has 0 saturated heterocycles. The van der Waals surface area contributed by atoms with Gasteiger partial charge in [-0.15, -0.1) is 22.7 Å². The Bertz CT molecular complexity index is 762. The molecule has 0 N–H and O–H groups in total. The van der Waals surface area contributed by atoms with Gasteiger partial charge in [0.05, 0.1) is 16.5 Å². The highest BCUT2D eigenvalue weighted by Crippen LogP contribution is 2.44. The number of hydrogen-bond donors (Lipinski definition) is 0. The summed E-state index contributed by atoms with van der Waals surface area (Å²) in [6.07, 6.45) is 3.83. The van der Waals surface area contributed by atoms with Crippen molar-refractivity contribution in [2.45, 2.75) is 0 Å². The van der Waals surface area contributed by atoms with Crippen LogP contribution in [-0.4, -0.2) is 7.11 Å². The van der Waals surface area contributed by atoms with Crippen molar-refractivity contribution in [1.82, 2.24) is 0 Å². The fourth-order valence-corrected chi connectivity index (χ4v) is 4.73. The maximum Gasteiger partial charge on any atom is 0.120 e. The highest BCUT2D eigenvalue weighted by molar-refractivity contribution is 7.33. The van der Waals surface area contributed by atoms with Crippen LogP contribution in [0.2, 0.25) is 0 Å². The zero-order chi connectivity index (χ0) is 12.7. The monoisotopic (exact) mass is 272 g/mol. The average Bonchev–Trinajstić information content (AvgIpc) is 2.92. The average molecular weight is 272 g/mol. The molecule has 0 fully saturated rings. The lowest BCUT2D eigenvalue weighted by atomic mass is 10.2. The predicted octanol–water partition coefficient (Wildman–Crippen LogP) is 5.41. The first kappa shape index (κ1) is 11.5. The Balaban J connectivity index is 2.41. The highest BCUT2D eigenvalue weighted by Gasteiger charge is 2.13. The van der Waals surface area contributed by atoms with Gasteiger partial charge in [0, 0.05) is 20.5 Å². The zero-order valence-corrected chi connectivity index (χ0v) is 11.7. The molecule has 2 heterocycles. The molecule has 0 spiro atoms. The molecule has 1 nitrogen and oxygen atoms in total. The molecule has 0 aliphatic carbocycles. The Morgan fingerprint density at radius 2 is 1.94 bits per heavy atom. The molecule has 90 valence electrons. The van der Waals surface area contributed by atoms with Crippen LogP contribution in [0.4, 0.5) is 0 Å². The summed E-state index contributed by atoms with van der Waals surface area (Å²) in [4.78, 5) is 1.20. The van der Waals surface area contributed by atoms with E-state index >= 15 is 0 Å². The summed E-state index contributed by atoms with van der Waals surface area (Å²) in [6.45, 7) is 7.78. The van der Waals surface area contributed by atoms with Crippen LogP contribution in [0.15, 0.2) is 31.4 Å². The molecular weight excluding hydrogens is 260 g/mol. The second-order valence-corrected chi connectivity index (χ2v) is 6.02. The van der Waals surface area contributed by atoms with Gasteiger partial charge in [0.2, 0.25) is 0 Å². The third kappa shape index (κ3) is 1.51. The summed E-state index contributed by atoms with van der Waals surface area (Å²) in [7, 11) is 1.70. The van der Waals surface area contributed by atoms with Crippen LogP contribution in [0.5, 0.6) is 5.75 Å². The number of methoxy groups -OCH3 is 1. The first-order valence-corrected chi connectivity index (χ1v) is 7.19. The summed E-state index contributed by atoms with van der Waals surface area (Å²) in [5, 5.41) is 1.29. The minimum Gasteiger partial charge on any atom is -0.497 e. The lowest BCUT2D eigenvalue weighted by Gasteiger charge is -1.98. The molecule has 3 heteroatoms. The molecule has 0 aliphatic heterocycles. The van der Waals surface area contributed by atoms with E-state index in [2.05, 4.69) is 25.3 Å². The molecule has 3 rings (SSSR count). The van der Waals surface area contributed by atoms with Crippen LogP contribution in [0.25, 0.3) is 31.6 Å². The predicted molar refractivity (Wildman–Crippen MR) is 83.9 cm³/mol. The summed E-state index contributed by atoms with van der Waals surface area (Å²) >= 11 is 3.57. The van der Waals surface area contributed by atoms with Crippen LogP contribution in [0.3, 0.4) is 0 Å². The smallest absolute Gasteiger partial charge is 0.120 e. The van der Waals surface area contributed by atoms with Crippen molar-refractivity contribution >= 4 is 54.3 Å². The van der Waals surface area contributed by atoms with Gasteiger partial charge in [-0.1, -0.05) is 25.3 Å². The van der Waals surface area contributed by atoms with Crippen LogP contribution in [0, 0.1) is 0 Å². The number of hydrogen-bond acceptors (Lipinski definition) is 3. The lowest BCUT2D eigenvalue weighted by Crippen LogP contribution is -1.79. The van der Waals surface area contributed by atoms with Gasteiger partial charge < -0.3 is 4.74 Å². The first-order valence-electron chi connectivity index (χ1n) is 5.56. The minimum absolute atomic E-state index is 0.903. The van der Waals surface area contributed by atoms with Gasteiger partial charge in [0.25, 0.3) is 0 Å². The van der Waals surface area contributed by atoms with Crippen LogP contribution >= 0.6 is 22.7 Å². The van der Waals surface area contributed by atoms with Crippen molar-refractivity contribution in [2.24, 2.45) is 0 Å². The molecule has 0 aliphatic rings. The van der Waals surface area contributed by atoms with Crippen molar-refractivity contribution in [3.8, 4) is 5.75 Å². The maximum absolute atomic E-state index is 5.27. The van der Waals surface area contributed by atoms with E-state index in [9.17, 15) is 0 Å². The van der Waals surface area contributed by atoms with Crippen LogP contribution < -0.4 is 4.74 Å². The Hall–Kier alpha value is -1.58. The van der Waals surface area contributed by atoms with Crippen molar-refractivity contribution in [3.63, 3.8) is 0 Å². The second kappa shape index (κ2) is 4.26. The van der Waals surface area contributed by atoms with E-state index in [4.69, 9.17) is 4.74 Å². The van der Waals surface area contributed by atoms with Crippen LogP contribution in [0.1, 0.15) is 10.4 Å². The van der Waals surface area contributed by atoms with E-state index in [1.165, 1.54) is 29.9 Å². The molecule has 0 bridgehead atoms. The summed E-state index contributed by atoms with van der Waals surface area (Å²) in [6, 6.07) is 6.23. The molecule has 1 aromatic carbocycles. The van der Waals surface area contributed by atoms with Crippen molar-refractivity contribution < 1.29 is 4.74 Å². The van der Waals surface area contributed by atoms with E-state index < -0.39 is 0 Å². The number of benzene rings is 1. The van der Waals surface area contributed by atoms with Gasteiger partial charge in [0.15, 0.2) is 0 Å². The summed E-state index contributed by atoms with van der Waals surface area (Å²) < 4.78 is 9.15. The molecule has 0 unspecified atom stereocenters. The SMILES string of the molecule is C=Cc1sc2c(sc3cc(OC)ccc32)c1C=C. The first-order chi connectivity index (χ1) is 8.78. The van der Waals surface area contributed by atoms with Crippen molar-refractivity contribution in [1.29, 1.82) is 0 Å². The molecule has 0 atom stereocenters. The van der Waals surface area contributed by atoms with E-state index in [1.807, 2.05) is 18.2 Å². The third-order valence-corrected chi connectivity index (χ3v) is 5.51. The Kier molecular flexibility index (Phi) is 2.73. The van der Waals surface area contributed by atoms with Crippen LogP contribution in [-0.2, 0) is 0 Å². The topological polar surface area (TPSA) is 9.23 Å². The van der Waals surface area contributed by atoms with Gasteiger partial charge in [-0.3, -0.25) is 0 Å². The summed E-state index contributed by atoms with van der Waals surface area (Å²) in [5.74, 6) is 0.903. The third-order valence-electron chi connectivity index (χ3n) is 2.96. The van der Waals surface area contributed by atoms with E-state index in [1.54, 1.807) is 29.8 Å². The number of thiophene rings is 2. The van der Waals surface area contributed by atoms with Gasteiger partial charge in [-0.05, 0) is 18.2 Å². The number of rotatable bonds is 3. The fraction of sp³-hybridized carbons (Fsp3) is 0.0667. The second-order valence-electron chi connectivity index (χ2n) is 3.91. The normalized spacial score (nSPS) is 10.9. The quantitative estimate of drug-likeness (QED) is 0.619. The summed E-state index contributed by atoms with van der Waals surface area (Å²) in [5.41, 5.74) is 1.20. The molecule has 3 aromatic rings. The standard InChI is InChI=1S/C15H12OS2/c1-4-10-12(5-2)17-15-11-7-6-9(16-3)8-13(11)18-14(10)15/h4-8H,1-2H2,3H3. The molecule has 0 radical (unpaired) electrons. The molecule has 0 amide bonds. The number of fused-ring (bicyclic) bond motifs is 3.